The van der Waals surface area contributed by atoms with Crippen molar-refractivity contribution in [3.05, 3.63) is 0 Å². The molecule has 4 N–H and O–H groups in total. The summed E-state index contributed by atoms with van der Waals surface area (Å²) < 4.78 is 0. The summed E-state index contributed by atoms with van der Waals surface area (Å²) in [4.78, 5) is 12.6. The largest absolute Gasteiger partial charge is 0.409 e. The highest BCUT2D eigenvalue weighted by atomic mass is 16.4. The van der Waals surface area contributed by atoms with Crippen LogP contribution in [0, 0.1) is 10.8 Å². The van der Waals surface area contributed by atoms with Gasteiger partial charge in [0, 0.05) is 5.54 Å². The second-order valence-corrected chi connectivity index (χ2v) is 7.35. The molecule has 0 radical (unpaired) electrons. The van der Waals surface area contributed by atoms with Gasteiger partial charge in [-0.3, -0.25) is 4.79 Å². The van der Waals surface area contributed by atoms with E-state index in [0.717, 1.165) is 6.42 Å². The van der Waals surface area contributed by atoms with E-state index in [1.807, 2.05) is 27.7 Å². The first-order valence-electron chi connectivity index (χ1n) is 7.24. The van der Waals surface area contributed by atoms with Crippen molar-refractivity contribution in [2.45, 2.75) is 73.3 Å². The minimum Gasteiger partial charge on any atom is -0.409 e. The molecule has 0 bridgehead atoms. The van der Waals surface area contributed by atoms with Crippen molar-refractivity contribution in [2.24, 2.45) is 21.7 Å². The van der Waals surface area contributed by atoms with Crippen LogP contribution in [0.2, 0.25) is 0 Å². The molecule has 0 fully saturated rings. The monoisotopic (exact) mass is 285 g/mol. The third-order valence-electron chi connectivity index (χ3n) is 3.66. The van der Waals surface area contributed by atoms with Crippen LogP contribution in [-0.2, 0) is 4.79 Å². The van der Waals surface area contributed by atoms with Crippen LogP contribution < -0.4 is 11.1 Å². The fourth-order valence-electron chi connectivity index (χ4n) is 2.94. The summed E-state index contributed by atoms with van der Waals surface area (Å²) >= 11 is 0. The lowest BCUT2D eigenvalue weighted by Gasteiger charge is -2.37. The number of amidine groups is 1. The Morgan fingerprint density at radius 2 is 1.60 bits per heavy atom. The molecule has 5 heteroatoms. The summed E-state index contributed by atoms with van der Waals surface area (Å²) in [6.45, 7) is 14.2. The van der Waals surface area contributed by atoms with Crippen molar-refractivity contribution in [3.8, 4) is 0 Å². The van der Waals surface area contributed by atoms with Crippen molar-refractivity contribution < 1.29 is 10.0 Å². The molecule has 0 saturated carbocycles. The molecule has 0 aliphatic rings. The molecule has 0 spiro atoms. The number of nitrogens with one attached hydrogen (secondary N) is 1. The number of oxime groups is 1. The lowest BCUT2D eigenvalue weighted by molar-refractivity contribution is -0.130. The van der Waals surface area contributed by atoms with E-state index in [4.69, 9.17) is 10.9 Å². The highest BCUT2D eigenvalue weighted by molar-refractivity contribution is 6.06. The Bertz CT molecular complexity index is 364. The van der Waals surface area contributed by atoms with E-state index in [2.05, 4.69) is 31.2 Å². The number of nitrogens with two attached hydrogens (primary N) is 1. The van der Waals surface area contributed by atoms with E-state index >= 15 is 0 Å². The fourth-order valence-corrected chi connectivity index (χ4v) is 2.94. The second-order valence-electron chi connectivity index (χ2n) is 7.35. The van der Waals surface area contributed by atoms with Gasteiger partial charge in [0.2, 0.25) is 5.91 Å². The van der Waals surface area contributed by atoms with E-state index in [0.29, 0.717) is 12.8 Å². The summed E-state index contributed by atoms with van der Waals surface area (Å²) in [6, 6.07) is 0. The number of hydrogen-bond donors (Lipinski definition) is 3. The third-order valence-corrected chi connectivity index (χ3v) is 3.66. The number of nitrogens with zero attached hydrogens (tertiary/aromatic N) is 1. The average Bonchev–Trinajstić information content (AvgIpc) is 2.26. The molecule has 0 aromatic rings. The topological polar surface area (TPSA) is 87.7 Å². The minimum atomic E-state index is -0.941. The predicted molar refractivity (Wildman–Crippen MR) is 82.7 cm³/mol. The average molecular weight is 285 g/mol. The van der Waals surface area contributed by atoms with Crippen molar-refractivity contribution in [3.63, 3.8) is 0 Å². The summed E-state index contributed by atoms with van der Waals surface area (Å²) in [6.07, 6.45) is 1.83. The van der Waals surface area contributed by atoms with Crippen molar-refractivity contribution >= 4 is 11.7 Å². The first-order valence-corrected chi connectivity index (χ1v) is 7.24. The fraction of sp³-hybridized carbons (Fsp3) is 0.867. The molecular formula is C15H31N3O2. The summed E-state index contributed by atoms with van der Waals surface area (Å²) in [5, 5.41) is 15.1. The summed E-state index contributed by atoms with van der Waals surface area (Å²) in [5.74, 6) is -0.196. The molecule has 0 saturated heterocycles. The zero-order valence-corrected chi connectivity index (χ0v) is 14.0. The second kappa shape index (κ2) is 6.46. The molecule has 0 unspecified atom stereocenters. The van der Waals surface area contributed by atoms with Gasteiger partial charge in [0.25, 0.3) is 0 Å². The van der Waals surface area contributed by atoms with Gasteiger partial charge in [0.15, 0.2) is 5.84 Å². The van der Waals surface area contributed by atoms with Gasteiger partial charge < -0.3 is 16.3 Å². The van der Waals surface area contributed by atoms with Crippen LogP contribution in [-0.4, -0.2) is 22.5 Å². The Hall–Kier alpha value is -1.26. The van der Waals surface area contributed by atoms with Gasteiger partial charge in [-0.1, -0.05) is 39.8 Å². The van der Waals surface area contributed by atoms with Crippen LogP contribution in [0.4, 0.5) is 0 Å². The van der Waals surface area contributed by atoms with E-state index < -0.39 is 5.41 Å². The van der Waals surface area contributed by atoms with Gasteiger partial charge in [0.05, 0.1) is 0 Å². The SMILES string of the molecule is CCC(CC)(C(=O)NC(C)(C)CC(C)(C)C)C(N)=NO. The van der Waals surface area contributed by atoms with Gasteiger partial charge in [-0.2, -0.15) is 0 Å². The summed E-state index contributed by atoms with van der Waals surface area (Å²) in [7, 11) is 0. The third kappa shape index (κ3) is 4.69. The minimum absolute atomic E-state index is 0.0217. The molecule has 0 aromatic heterocycles. The first-order chi connectivity index (χ1) is 8.94. The first kappa shape index (κ1) is 18.7. The maximum absolute atomic E-state index is 12.6. The molecule has 0 heterocycles. The number of rotatable bonds is 6. The highest BCUT2D eigenvalue weighted by Gasteiger charge is 2.42. The standard InChI is InChI=1S/C15H31N3O2/c1-8-15(9-2,11(16)18-20)12(19)17-14(6,7)10-13(3,4)5/h20H,8-10H2,1-7H3,(H2,16,18)(H,17,19). The lowest BCUT2D eigenvalue weighted by Crippen LogP contribution is -2.55. The van der Waals surface area contributed by atoms with Crippen molar-refractivity contribution in [1.82, 2.24) is 5.32 Å². The quantitative estimate of drug-likeness (QED) is 0.303. The molecule has 1 amide bonds. The van der Waals surface area contributed by atoms with E-state index in [-0.39, 0.29) is 22.7 Å². The highest BCUT2D eigenvalue weighted by Crippen LogP contribution is 2.31. The van der Waals surface area contributed by atoms with Crippen LogP contribution in [0.3, 0.4) is 0 Å². The number of carbonyl (C=O) groups excluding carboxylic acids is 1. The normalized spacial score (nSPS) is 14.2. The number of amides is 1. The Labute approximate surface area is 123 Å². The number of hydrogen-bond acceptors (Lipinski definition) is 3. The Morgan fingerprint density at radius 1 is 1.15 bits per heavy atom. The van der Waals surface area contributed by atoms with Gasteiger partial charge in [0.1, 0.15) is 5.41 Å². The summed E-state index contributed by atoms with van der Waals surface area (Å²) in [5.41, 5.74) is 4.58. The van der Waals surface area contributed by atoms with Gasteiger partial charge in [-0.05, 0) is 38.5 Å². The molecule has 0 aromatic carbocycles. The zero-order valence-electron chi connectivity index (χ0n) is 14.0. The Kier molecular flexibility index (Phi) is 6.05. The smallest absolute Gasteiger partial charge is 0.234 e. The van der Waals surface area contributed by atoms with Crippen LogP contribution in [0.15, 0.2) is 5.16 Å². The maximum Gasteiger partial charge on any atom is 0.234 e. The predicted octanol–water partition coefficient (Wildman–Crippen LogP) is 2.87. The van der Waals surface area contributed by atoms with Crippen molar-refractivity contribution in [2.75, 3.05) is 0 Å². The maximum atomic E-state index is 12.6. The molecular weight excluding hydrogens is 254 g/mol. The van der Waals surface area contributed by atoms with Crippen LogP contribution in [0.1, 0.15) is 67.7 Å². The molecule has 0 aliphatic carbocycles. The molecule has 118 valence electrons. The Morgan fingerprint density at radius 3 is 1.90 bits per heavy atom. The van der Waals surface area contributed by atoms with Crippen LogP contribution in [0.25, 0.3) is 0 Å². The van der Waals surface area contributed by atoms with Crippen molar-refractivity contribution in [1.29, 1.82) is 0 Å². The van der Waals surface area contributed by atoms with Gasteiger partial charge >= 0.3 is 0 Å². The molecule has 0 rings (SSSR count). The van der Waals surface area contributed by atoms with Gasteiger partial charge in [-0.15, -0.1) is 0 Å². The zero-order chi connectivity index (χ0) is 16.2. The molecule has 0 aliphatic heterocycles. The van der Waals surface area contributed by atoms with E-state index in [1.165, 1.54) is 0 Å². The van der Waals surface area contributed by atoms with Crippen LogP contribution in [0.5, 0.6) is 0 Å². The van der Waals surface area contributed by atoms with E-state index in [1.54, 1.807) is 0 Å². The van der Waals surface area contributed by atoms with Crippen LogP contribution >= 0.6 is 0 Å². The lowest BCUT2D eigenvalue weighted by atomic mass is 9.77. The number of carbonyl (C=O) groups is 1. The molecule has 0 atom stereocenters. The molecule has 20 heavy (non-hydrogen) atoms. The van der Waals surface area contributed by atoms with E-state index in [9.17, 15) is 4.79 Å². The Balaban J connectivity index is 5.23. The molecule has 5 nitrogen and oxygen atoms in total. The van der Waals surface area contributed by atoms with Gasteiger partial charge in [-0.25, -0.2) is 0 Å².